The van der Waals surface area contributed by atoms with Gasteiger partial charge in [-0.25, -0.2) is 15.0 Å². The number of para-hydroxylation sites is 2. The third-order valence-electron chi connectivity index (χ3n) is 10.7. The van der Waals surface area contributed by atoms with Crippen LogP contribution in [0.2, 0.25) is 0 Å². The van der Waals surface area contributed by atoms with Crippen LogP contribution in [0.1, 0.15) is 6.85 Å². The second-order valence-corrected chi connectivity index (χ2v) is 15.0. The van der Waals surface area contributed by atoms with Crippen LogP contribution in [0.4, 0.5) is 0 Å². The van der Waals surface area contributed by atoms with Crippen LogP contribution >= 0.6 is 11.3 Å². The molecule has 0 bridgehead atoms. The molecule has 0 atom stereocenters. The Balaban J connectivity index is 1.21. The first-order valence-electron chi connectivity index (χ1n) is 21.1. The zero-order chi connectivity index (χ0) is 41.8. The maximum absolute atomic E-state index is 8.93. The van der Waals surface area contributed by atoms with Gasteiger partial charge < -0.3 is 8.98 Å². The highest BCUT2D eigenvalue weighted by Crippen LogP contribution is 2.46. The zero-order valence-corrected chi connectivity index (χ0v) is 30.9. The smallest absolute Gasteiger partial charge is 0.165 e. The number of hydrogen-bond acceptors (Lipinski definition) is 5. The van der Waals surface area contributed by atoms with Crippen LogP contribution in [-0.4, -0.2) is 19.5 Å². The lowest BCUT2D eigenvalue weighted by Gasteiger charge is -2.13. The molecule has 0 spiro atoms. The molecule has 6 heteroatoms. The number of rotatable bonds is 5. The Morgan fingerprint density at radius 3 is 1.93 bits per heavy atom. The van der Waals surface area contributed by atoms with E-state index >= 15 is 0 Å². The fourth-order valence-corrected chi connectivity index (χ4v) is 9.50. The fraction of sp³-hybridized carbons (Fsp3) is 0. The lowest BCUT2D eigenvalue weighted by molar-refractivity contribution is 0.669. The van der Waals surface area contributed by atoms with Gasteiger partial charge in [-0.3, -0.25) is 0 Å². The number of nitrogens with zero attached hydrogens (tertiary/aromatic N) is 4. The van der Waals surface area contributed by atoms with E-state index in [1.165, 1.54) is 0 Å². The third-order valence-corrected chi connectivity index (χ3v) is 12.0. The Kier molecular flexibility index (Phi) is 6.00. The predicted molar refractivity (Wildman–Crippen MR) is 236 cm³/mol. The molecule has 0 saturated heterocycles. The number of aromatic nitrogens is 4. The van der Waals surface area contributed by atoms with Crippen LogP contribution in [0.5, 0.6) is 0 Å². The highest BCUT2D eigenvalue weighted by atomic mass is 32.1. The van der Waals surface area contributed by atoms with E-state index in [0.29, 0.717) is 22.8 Å². The van der Waals surface area contributed by atoms with Crippen molar-refractivity contribution < 1.29 is 11.3 Å². The van der Waals surface area contributed by atoms with Crippen molar-refractivity contribution in [3.63, 3.8) is 0 Å². The highest BCUT2D eigenvalue weighted by Gasteiger charge is 2.22. The predicted octanol–water partition coefficient (Wildman–Crippen LogP) is 13.9. The molecule has 8 aromatic carbocycles. The first-order valence-corrected chi connectivity index (χ1v) is 19.4. The third kappa shape index (κ3) is 5.04. The van der Waals surface area contributed by atoms with E-state index in [9.17, 15) is 0 Å². The molecular formula is C51H30N4OS. The van der Waals surface area contributed by atoms with Crippen molar-refractivity contribution >= 4 is 75.3 Å². The number of furan rings is 1. The summed E-state index contributed by atoms with van der Waals surface area (Å²) in [7, 11) is 0. The molecule has 266 valence electrons. The zero-order valence-electron chi connectivity index (χ0n) is 35.0. The van der Waals surface area contributed by atoms with Crippen molar-refractivity contribution in [1.82, 2.24) is 19.5 Å². The molecule has 57 heavy (non-hydrogen) atoms. The monoisotopic (exact) mass is 751 g/mol. The summed E-state index contributed by atoms with van der Waals surface area (Å²) in [4.78, 5) is 15.0. The van der Waals surface area contributed by atoms with Gasteiger partial charge in [-0.2, -0.15) is 0 Å². The van der Waals surface area contributed by atoms with E-state index in [4.69, 9.17) is 26.2 Å². The van der Waals surface area contributed by atoms with Gasteiger partial charge in [-0.1, -0.05) is 145 Å². The van der Waals surface area contributed by atoms with Crippen molar-refractivity contribution in [3.8, 4) is 51.0 Å². The summed E-state index contributed by atoms with van der Waals surface area (Å²) < 4.78 is 53.9. The largest absolute Gasteiger partial charge is 0.456 e. The van der Waals surface area contributed by atoms with Crippen LogP contribution in [0, 0.1) is 0 Å². The van der Waals surface area contributed by atoms with Gasteiger partial charge in [0.15, 0.2) is 17.5 Å². The highest BCUT2D eigenvalue weighted by molar-refractivity contribution is 7.26. The van der Waals surface area contributed by atoms with E-state index in [0.717, 1.165) is 80.7 Å². The van der Waals surface area contributed by atoms with E-state index in [2.05, 4.69) is 83.4 Å². The van der Waals surface area contributed by atoms with Gasteiger partial charge in [0, 0.05) is 70.2 Å². The molecule has 0 aliphatic rings. The molecule has 0 aliphatic heterocycles. The SMILES string of the molecule is [2H]c1c([2H])c([2H])c(-c2nc(-c3ccccc3)nc(-c3cc(-n4c5ccccc5c5cc6c(cc54)oc4ccccc46)cc4c3sc3c(-c5ccccc5)cccc34)n2)c([2H])c1[2H]. The van der Waals surface area contributed by atoms with Gasteiger partial charge in [0.25, 0.3) is 0 Å². The topological polar surface area (TPSA) is 56.7 Å². The van der Waals surface area contributed by atoms with Crippen LogP contribution < -0.4 is 0 Å². The molecule has 4 heterocycles. The average Bonchev–Trinajstić information content (AvgIpc) is 3.99. The molecule has 0 unspecified atom stereocenters. The summed E-state index contributed by atoms with van der Waals surface area (Å²) in [5.41, 5.74) is 7.95. The van der Waals surface area contributed by atoms with Gasteiger partial charge in [0.1, 0.15) is 11.2 Å². The lowest BCUT2D eigenvalue weighted by Crippen LogP contribution is -2.01. The van der Waals surface area contributed by atoms with E-state index in [-0.39, 0.29) is 23.5 Å². The van der Waals surface area contributed by atoms with Crippen LogP contribution in [0.3, 0.4) is 0 Å². The Bertz CT molecular complexity index is 3800. The minimum absolute atomic E-state index is 0.0142. The number of fused-ring (bicyclic) bond motifs is 9. The van der Waals surface area contributed by atoms with Crippen molar-refractivity contribution in [2.24, 2.45) is 0 Å². The average molecular weight is 752 g/mol. The van der Waals surface area contributed by atoms with E-state index in [1.807, 2.05) is 72.8 Å². The van der Waals surface area contributed by atoms with Crippen molar-refractivity contribution in [1.29, 1.82) is 0 Å². The molecule has 12 rings (SSSR count). The van der Waals surface area contributed by atoms with Gasteiger partial charge in [0.05, 0.1) is 17.9 Å². The molecular weight excluding hydrogens is 717 g/mol. The Morgan fingerprint density at radius 1 is 0.439 bits per heavy atom. The second kappa shape index (κ2) is 12.6. The minimum Gasteiger partial charge on any atom is -0.456 e. The molecule has 0 saturated carbocycles. The maximum Gasteiger partial charge on any atom is 0.165 e. The second-order valence-electron chi connectivity index (χ2n) is 14.0. The summed E-state index contributed by atoms with van der Waals surface area (Å²) in [6.07, 6.45) is 0. The van der Waals surface area contributed by atoms with Crippen molar-refractivity contribution in [3.05, 3.63) is 182 Å². The Labute approximate surface area is 337 Å². The summed E-state index contributed by atoms with van der Waals surface area (Å²) >= 11 is 1.65. The molecule has 5 nitrogen and oxygen atoms in total. The van der Waals surface area contributed by atoms with Crippen molar-refractivity contribution in [2.45, 2.75) is 0 Å². The molecule has 0 radical (unpaired) electrons. The summed E-state index contributed by atoms with van der Waals surface area (Å²) in [6, 6.07) is 49.2. The molecule has 12 aromatic rings. The van der Waals surface area contributed by atoms with Gasteiger partial charge >= 0.3 is 0 Å². The number of hydrogen-bond donors (Lipinski definition) is 0. The fourth-order valence-electron chi connectivity index (χ4n) is 8.18. The molecule has 0 aliphatic carbocycles. The van der Waals surface area contributed by atoms with Crippen LogP contribution in [0.15, 0.2) is 186 Å². The molecule has 0 amide bonds. The summed E-state index contributed by atoms with van der Waals surface area (Å²) in [6.45, 7) is 0. The van der Waals surface area contributed by atoms with Crippen molar-refractivity contribution in [2.75, 3.05) is 0 Å². The first-order chi connectivity index (χ1) is 30.3. The molecule has 0 N–H and O–H groups in total. The number of thiophene rings is 1. The normalized spacial score (nSPS) is 13.1. The first kappa shape index (κ1) is 27.2. The van der Waals surface area contributed by atoms with Gasteiger partial charge in [-0.05, 0) is 41.5 Å². The molecule has 0 fully saturated rings. The number of benzene rings is 8. The van der Waals surface area contributed by atoms with Gasteiger partial charge in [0.2, 0.25) is 0 Å². The minimum atomic E-state index is -0.485. The summed E-state index contributed by atoms with van der Waals surface area (Å²) in [5.74, 6) is 0.603. The quantitative estimate of drug-likeness (QED) is 0.176. The standard InChI is InChI=1S/C51H30N4OS/c1-4-15-31(16-5-1)35-23-14-24-38-41-27-34(55-43-25-12-10-21-36(43)39-29-40-37-22-11-13-26-45(37)56-46(40)30-44(39)55)28-42(48(41)57-47(35)38)51-53-49(32-17-6-2-7-18-32)52-50(54-51)33-19-8-3-9-20-33/h1-30H/i2D,6D,7D,17D,18D. The van der Waals surface area contributed by atoms with E-state index < -0.39 is 18.1 Å². The van der Waals surface area contributed by atoms with E-state index in [1.54, 1.807) is 11.3 Å². The van der Waals surface area contributed by atoms with Crippen LogP contribution in [0.25, 0.3) is 115 Å². The Morgan fingerprint density at radius 2 is 1.11 bits per heavy atom. The van der Waals surface area contributed by atoms with Gasteiger partial charge in [-0.15, -0.1) is 11.3 Å². The summed E-state index contributed by atoms with van der Waals surface area (Å²) in [5, 5.41) is 6.34. The Hall–Kier alpha value is -7.41. The van der Waals surface area contributed by atoms with Crippen LogP contribution in [-0.2, 0) is 0 Å². The lowest BCUT2D eigenvalue weighted by atomic mass is 10.0. The molecule has 4 aromatic heterocycles. The maximum atomic E-state index is 8.93.